The third-order valence-corrected chi connectivity index (χ3v) is 3.97. The molecule has 2 aromatic carbocycles. The highest BCUT2D eigenvalue weighted by molar-refractivity contribution is 6.32. The number of alkyl halides is 3. The van der Waals surface area contributed by atoms with Crippen molar-refractivity contribution >= 4 is 23.2 Å². The van der Waals surface area contributed by atoms with Gasteiger partial charge in [0.2, 0.25) is 0 Å². The average Bonchev–Trinajstić information content (AvgIpc) is 3.11. The number of hydrogen-bond acceptors (Lipinski definition) is 3. The van der Waals surface area contributed by atoms with Gasteiger partial charge in [-0.2, -0.15) is 23.5 Å². The first kappa shape index (κ1) is 18.5. The van der Waals surface area contributed by atoms with E-state index in [2.05, 4.69) is 10.4 Å². The van der Waals surface area contributed by atoms with Crippen LogP contribution in [0.2, 0.25) is 5.02 Å². The van der Waals surface area contributed by atoms with E-state index in [1.54, 1.807) is 24.3 Å². The number of nitriles is 1. The monoisotopic (exact) mass is 390 g/mol. The molecule has 0 saturated heterocycles. The number of nitrogens with one attached hydrogen (secondary N) is 1. The molecule has 5 nitrogen and oxygen atoms in total. The number of hydrogen-bond donors (Lipinski definition) is 1. The van der Waals surface area contributed by atoms with Crippen LogP contribution in [0, 0.1) is 11.3 Å². The summed E-state index contributed by atoms with van der Waals surface area (Å²) in [6, 6.07) is 11.3. The number of benzene rings is 2. The van der Waals surface area contributed by atoms with Crippen LogP contribution in [-0.4, -0.2) is 15.7 Å². The molecule has 3 rings (SSSR count). The molecule has 0 saturated carbocycles. The quantitative estimate of drug-likeness (QED) is 0.706. The molecule has 1 aromatic heterocycles. The second-order valence-electron chi connectivity index (χ2n) is 5.45. The van der Waals surface area contributed by atoms with Crippen molar-refractivity contribution in [1.29, 1.82) is 5.26 Å². The molecule has 9 heteroatoms. The summed E-state index contributed by atoms with van der Waals surface area (Å²) < 4.78 is 40.4. The Morgan fingerprint density at radius 1 is 1.22 bits per heavy atom. The lowest BCUT2D eigenvalue weighted by Crippen LogP contribution is -2.13. The normalized spacial score (nSPS) is 11.1. The Bertz CT molecular complexity index is 1050. The topological polar surface area (TPSA) is 70.7 Å². The van der Waals surface area contributed by atoms with Crippen LogP contribution in [0.4, 0.5) is 18.9 Å². The smallest absolute Gasteiger partial charge is 0.322 e. The number of amides is 1. The van der Waals surface area contributed by atoms with Crippen molar-refractivity contribution < 1.29 is 18.0 Å². The summed E-state index contributed by atoms with van der Waals surface area (Å²) in [4.78, 5) is 12.3. The zero-order valence-corrected chi connectivity index (χ0v) is 14.2. The molecule has 3 aromatic rings. The van der Waals surface area contributed by atoms with Gasteiger partial charge >= 0.3 is 6.18 Å². The third kappa shape index (κ3) is 3.93. The number of carbonyl (C=O) groups is 1. The van der Waals surface area contributed by atoms with Crippen molar-refractivity contribution in [3.63, 3.8) is 0 Å². The first-order valence-electron chi connectivity index (χ1n) is 7.52. The van der Waals surface area contributed by atoms with Crippen molar-refractivity contribution in [2.75, 3.05) is 5.32 Å². The molecule has 1 amide bonds. The van der Waals surface area contributed by atoms with Crippen LogP contribution in [0.1, 0.15) is 21.5 Å². The fourth-order valence-electron chi connectivity index (χ4n) is 2.37. The lowest BCUT2D eigenvalue weighted by molar-refractivity contribution is -0.137. The highest BCUT2D eigenvalue weighted by Gasteiger charge is 2.34. The van der Waals surface area contributed by atoms with E-state index in [1.807, 2.05) is 0 Å². The van der Waals surface area contributed by atoms with Gasteiger partial charge in [-0.1, -0.05) is 23.7 Å². The summed E-state index contributed by atoms with van der Waals surface area (Å²) in [6.07, 6.45) is -2.03. The number of aromatic nitrogens is 2. The SMILES string of the molecule is N#Cc1ccc(NC(=O)c2cnn(-c3ccccc3Cl)c2)cc1C(F)(F)F. The molecule has 0 aliphatic carbocycles. The number of halogens is 4. The van der Waals surface area contributed by atoms with E-state index in [4.69, 9.17) is 16.9 Å². The van der Waals surface area contributed by atoms with E-state index in [0.29, 0.717) is 10.7 Å². The van der Waals surface area contributed by atoms with Gasteiger partial charge in [0.25, 0.3) is 5.91 Å². The molecule has 0 radical (unpaired) electrons. The molecule has 0 aliphatic rings. The summed E-state index contributed by atoms with van der Waals surface area (Å²) in [5.74, 6) is -0.647. The zero-order chi connectivity index (χ0) is 19.6. The molecule has 1 N–H and O–H groups in total. The predicted octanol–water partition coefficient (Wildman–Crippen LogP) is 4.67. The summed E-state index contributed by atoms with van der Waals surface area (Å²) in [5, 5.41) is 15.6. The van der Waals surface area contributed by atoms with Crippen molar-refractivity contribution in [2.24, 2.45) is 0 Å². The second kappa shape index (κ2) is 7.13. The van der Waals surface area contributed by atoms with Gasteiger partial charge in [0.15, 0.2) is 0 Å². The minimum atomic E-state index is -4.71. The molecular formula is C18H10ClF3N4O. The maximum atomic E-state index is 13.0. The van der Waals surface area contributed by atoms with E-state index in [1.165, 1.54) is 29.2 Å². The van der Waals surface area contributed by atoms with Gasteiger partial charge in [-0.05, 0) is 30.3 Å². The molecule has 27 heavy (non-hydrogen) atoms. The average molecular weight is 391 g/mol. The van der Waals surface area contributed by atoms with Gasteiger partial charge in [-0.3, -0.25) is 4.79 Å². The highest BCUT2D eigenvalue weighted by atomic mass is 35.5. The van der Waals surface area contributed by atoms with Crippen LogP contribution in [0.3, 0.4) is 0 Å². The lowest BCUT2D eigenvalue weighted by Gasteiger charge is -2.11. The van der Waals surface area contributed by atoms with Gasteiger partial charge in [0.05, 0.1) is 39.7 Å². The van der Waals surface area contributed by atoms with E-state index < -0.39 is 23.2 Å². The van der Waals surface area contributed by atoms with E-state index in [9.17, 15) is 18.0 Å². The lowest BCUT2D eigenvalue weighted by atomic mass is 10.1. The summed E-state index contributed by atoms with van der Waals surface area (Å²) in [7, 11) is 0. The minimum absolute atomic E-state index is 0.0863. The minimum Gasteiger partial charge on any atom is -0.322 e. The summed E-state index contributed by atoms with van der Waals surface area (Å²) >= 11 is 6.07. The zero-order valence-electron chi connectivity index (χ0n) is 13.5. The number of rotatable bonds is 3. The summed E-state index contributed by atoms with van der Waals surface area (Å²) in [6.45, 7) is 0. The fourth-order valence-corrected chi connectivity index (χ4v) is 2.59. The van der Waals surface area contributed by atoms with Gasteiger partial charge in [0, 0.05) is 11.9 Å². The van der Waals surface area contributed by atoms with E-state index in [-0.39, 0.29) is 11.3 Å². The Balaban J connectivity index is 1.85. The molecule has 0 unspecified atom stereocenters. The third-order valence-electron chi connectivity index (χ3n) is 3.65. The van der Waals surface area contributed by atoms with Crippen molar-refractivity contribution in [2.45, 2.75) is 6.18 Å². The molecule has 0 bridgehead atoms. The Morgan fingerprint density at radius 2 is 1.96 bits per heavy atom. The summed E-state index contributed by atoms with van der Waals surface area (Å²) in [5.41, 5.74) is -1.04. The van der Waals surface area contributed by atoms with E-state index in [0.717, 1.165) is 12.1 Å². The molecular weight excluding hydrogens is 381 g/mol. The molecule has 0 fully saturated rings. The molecule has 0 atom stereocenters. The first-order chi connectivity index (χ1) is 12.8. The van der Waals surface area contributed by atoms with Crippen molar-refractivity contribution in [3.05, 3.63) is 76.6 Å². The maximum absolute atomic E-state index is 13.0. The Morgan fingerprint density at radius 3 is 2.63 bits per heavy atom. The molecule has 0 spiro atoms. The Labute approximate surface area is 156 Å². The number of anilines is 1. The van der Waals surface area contributed by atoms with Crippen molar-refractivity contribution in [3.8, 4) is 11.8 Å². The van der Waals surface area contributed by atoms with Crippen LogP contribution >= 0.6 is 11.6 Å². The molecule has 1 heterocycles. The molecule has 136 valence electrons. The van der Waals surface area contributed by atoms with E-state index >= 15 is 0 Å². The predicted molar refractivity (Wildman–Crippen MR) is 92.7 cm³/mol. The van der Waals surface area contributed by atoms with Gasteiger partial charge < -0.3 is 5.32 Å². The number of para-hydroxylation sites is 1. The Hall–Kier alpha value is -3.31. The largest absolute Gasteiger partial charge is 0.417 e. The van der Waals surface area contributed by atoms with Gasteiger partial charge in [-0.15, -0.1) is 0 Å². The number of carbonyl (C=O) groups excluding carboxylic acids is 1. The standard InChI is InChI=1S/C18H10ClF3N4O/c19-15-3-1-2-4-16(15)26-10-12(9-24-26)17(27)25-13-6-5-11(8-23)14(7-13)18(20,21)22/h1-7,9-10H,(H,25,27). The van der Waals surface area contributed by atoms with Crippen LogP contribution < -0.4 is 5.32 Å². The maximum Gasteiger partial charge on any atom is 0.417 e. The highest BCUT2D eigenvalue weighted by Crippen LogP contribution is 2.33. The van der Waals surface area contributed by atoms with Crippen LogP contribution in [0.15, 0.2) is 54.9 Å². The first-order valence-corrected chi connectivity index (χ1v) is 7.89. The number of nitrogens with zero attached hydrogens (tertiary/aromatic N) is 3. The Kier molecular flexibility index (Phi) is 4.88. The van der Waals surface area contributed by atoms with Crippen LogP contribution in [0.25, 0.3) is 5.69 Å². The van der Waals surface area contributed by atoms with Crippen LogP contribution in [-0.2, 0) is 6.18 Å². The van der Waals surface area contributed by atoms with Crippen LogP contribution in [0.5, 0.6) is 0 Å². The second-order valence-corrected chi connectivity index (χ2v) is 5.86. The van der Waals surface area contributed by atoms with Gasteiger partial charge in [-0.25, -0.2) is 4.68 Å². The van der Waals surface area contributed by atoms with Crippen molar-refractivity contribution in [1.82, 2.24) is 9.78 Å². The fraction of sp³-hybridized carbons (Fsp3) is 0.0556. The molecule has 0 aliphatic heterocycles. The van der Waals surface area contributed by atoms with Gasteiger partial charge in [0.1, 0.15) is 0 Å².